The highest BCUT2D eigenvalue weighted by Gasteiger charge is 2.27. The zero-order valence-electron chi connectivity index (χ0n) is 62.4. The molecule has 0 aliphatic heterocycles. The summed E-state index contributed by atoms with van der Waals surface area (Å²) < 4.78 is 11.9. The summed E-state index contributed by atoms with van der Waals surface area (Å²) in [6.45, 7) is 0. The van der Waals surface area contributed by atoms with E-state index in [-0.39, 0.29) is 0 Å². The highest BCUT2D eigenvalue weighted by Crippen LogP contribution is 2.49. The van der Waals surface area contributed by atoms with Crippen LogP contribution in [0.1, 0.15) is 0 Å². The largest absolute Gasteiger partial charge is 0.455 e. The molecule has 14 heteroatoms. The fraction of sp³-hybridized carbons (Fsp3) is 0. The van der Waals surface area contributed by atoms with Gasteiger partial charge in [-0.05, 0) is 76.9 Å². The molecule has 12 nitrogen and oxygen atoms in total. The first-order chi connectivity index (χ1) is 57.9. The summed E-state index contributed by atoms with van der Waals surface area (Å²) in [5, 5.41) is 6.46. The Kier molecular flexibility index (Phi) is 17.0. The number of nitrogens with zero attached hydrogens (tertiary/aromatic N) is 11. The van der Waals surface area contributed by atoms with E-state index in [2.05, 4.69) is 206 Å². The van der Waals surface area contributed by atoms with Gasteiger partial charge in [-0.1, -0.05) is 315 Å². The molecule has 546 valence electrons. The predicted octanol–water partition coefficient (Wildman–Crippen LogP) is 26.7. The van der Waals surface area contributed by atoms with Gasteiger partial charge in [-0.15, -0.1) is 22.7 Å². The number of thiophene rings is 2. The van der Waals surface area contributed by atoms with E-state index in [0.717, 1.165) is 138 Å². The summed E-state index contributed by atoms with van der Waals surface area (Å²) in [4.78, 5) is 58.0. The molecule has 0 saturated carbocycles. The molecule has 0 atom stereocenters. The number of aromatic nitrogens is 11. The molecule has 7 heterocycles. The van der Waals surface area contributed by atoms with Crippen molar-refractivity contribution >= 4 is 85.0 Å². The molecule has 117 heavy (non-hydrogen) atoms. The molecular formula is C103H61N11OS2. The average molecular weight is 1530 g/mol. The Morgan fingerprint density at radius 2 is 0.513 bits per heavy atom. The molecule has 0 N–H and O–H groups in total. The van der Waals surface area contributed by atoms with Crippen LogP contribution in [0.15, 0.2) is 374 Å². The zero-order valence-corrected chi connectivity index (χ0v) is 64.0. The first-order valence-corrected chi connectivity index (χ1v) is 40.2. The summed E-state index contributed by atoms with van der Waals surface area (Å²) in [6.07, 6.45) is 0. The fourth-order valence-corrected chi connectivity index (χ4v) is 18.2. The van der Waals surface area contributed by atoms with Crippen molar-refractivity contribution in [1.29, 1.82) is 0 Å². The molecule has 7 aromatic heterocycles. The molecular weight excluding hydrogens is 1470 g/mol. The Bertz CT molecular complexity index is 7480. The summed E-state index contributed by atoms with van der Waals surface area (Å²) in [7, 11) is 0. The maximum Gasteiger partial charge on any atom is 0.167 e. The van der Waals surface area contributed by atoms with Crippen molar-refractivity contribution in [3.63, 3.8) is 0 Å². The smallest absolute Gasteiger partial charge is 0.167 e. The number of fused-ring (bicyclic) bond motifs is 9. The minimum Gasteiger partial charge on any atom is -0.455 e. The van der Waals surface area contributed by atoms with E-state index in [1.54, 1.807) is 22.7 Å². The SMILES string of the molecule is c1ccc(-c2cc(-c3ccc4sc5ccccc5c4c3-c3ccc(-c4nc(-c5ccccc5)nc(-c5cccc(-c6cccc7oc8c(-c9nc(-c%10ccccc%10)nc(-c%10ccc%11sc%12ccccc%12c%11c%10-c%10ccc(-c%11nc(-c%12ccccc%12)nc(-c%12ccccc%12)n%11)cc%10)n9)cccc8c67)c5)n4)cc3)nc(-c3ccccc3)n2)cc1. The van der Waals surface area contributed by atoms with Gasteiger partial charge < -0.3 is 4.42 Å². The van der Waals surface area contributed by atoms with E-state index in [1.807, 2.05) is 164 Å². The van der Waals surface area contributed by atoms with Crippen LogP contribution in [0, 0.1) is 0 Å². The second-order valence-electron chi connectivity index (χ2n) is 28.7. The van der Waals surface area contributed by atoms with Gasteiger partial charge in [0.25, 0.3) is 0 Å². The van der Waals surface area contributed by atoms with Gasteiger partial charge in [0.15, 0.2) is 58.2 Å². The van der Waals surface area contributed by atoms with Gasteiger partial charge in [-0.3, -0.25) is 0 Å². The molecule has 0 aliphatic carbocycles. The quantitative estimate of drug-likeness (QED) is 0.0959. The van der Waals surface area contributed by atoms with Gasteiger partial charge in [0, 0.05) is 123 Å². The molecule has 0 unspecified atom stereocenters. The van der Waals surface area contributed by atoms with E-state index in [9.17, 15) is 0 Å². The third-order valence-corrected chi connectivity index (χ3v) is 23.8. The Labute approximate surface area is 679 Å². The molecule has 0 saturated heterocycles. The van der Waals surface area contributed by atoms with Gasteiger partial charge in [0.1, 0.15) is 11.2 Å². The van der Waals surface area contributed by atoms with E-state index >= 15 is 0 Å². The lowest BCUT2D eigenvalue weighted by Gasteiger charge is -2.15. The van der Waals surface area contributed by atoms with Crippen molar-refractivity contribution in [2.45, 2.75) is 0 Å². The normalized spacial score (nSPS) is 11.6. The summed E-state index contributed by atoms with van der Waals surface area (Å²) in [5.74, 6) is 5.54. The third kappa shape index (κ3) is 12.6. The molecule has 0 fully saturated rings. The van der Waals surface area contributed by atoms with Crippen LogP contribution >= 0.6 is 22.7 Å². The molecule has 22 aromatic rings. The number of hydrogen-bond acceptors (Lipinski definition) is 14. The summed E-state index contributed by atoms with van der Waals surface area (Å²) >= 11 is 3.57. The molecule has 0 radical (unpaired) electrons. The van der Waals surface area contributed by atoms with E-state index in [1.165, 1.54) is 24.9 Å². The fourth-order valence-electron chi connectivity index (χ4n) is 16.0. The highest BCUT2D eigenvalue weighted by atomic mass is 32.1. The lowest BCUT2D eigenvalue weighted by atomic mass is 9.91. The maximum absolute atomic E-state index is 7.13. The zero-order chi connectivity index (χ0) is 77.3. The average Bonchev–Trinajstić information content (AvgIpc) is 1.64. The number of benzene rings is 15. The van der Waals surface area contributed by atoms with Gasteiger partial charge in [-0.25, -0.2) is 54.8 Å². The lowest BCUT2D eigenvalue weighted by Crippen LogP contribution is -2.01. The van der Waals surface area contributed by atoms with Gasteiger partial charge >= 0.3 is 0 Å². The minimum atomic E-state index is 0.465. The van der Waals surface area contributed by atoms with Crippen LogP contribution in [0.4, 0.5) is 0 Å². The summed E-state index contributed by atoms with van der Waals surface area (Å²) in [5.41, 5.74) is 19.6. The van der Waals surface area contributed by atoms with Crippen LogP contribution in [0.3, 0.4) is 0 Å². The Morgan fingerprint density at radius 1 is 0.179 bits per heavy atom. The van der Waals surface area contributed by atoms with Crippen LogP contribution < -0.4 is 0 Å². The molecule has 22 rings (SSSR count). The number of rotatable bonds is 15. The van der Waals surface area contributed by atoms with Gasteiger partial charge in [0.05, 0.1) is 17.0 Å². The van der Waals surface area contributed by atoms with Crippen LogP contribution in [-0.2, 0) is 0 Å². The van der Waals surface area contributed by atoms with E-state index < -0.39 is 0 Å². The van der Waals surface area contributed by atoms with Crippen molar-refractivity contribution in [3.05, 3.63) is 370 Å². The van der Waals surface area contributed by atoms with Crippen molar-refractivity contribution in [2.75, 3.05) is 0 Å². The number of furan rings is 1. The van der Waals surface area contributed by atoms with Crippen molar-refractivity contribution < 1.29 is 4.42 Å². The standard InChI is InChI=1S/C103H61N11OS2/c1-7-26-62(27-8-1)81-61-82(105-94(104-81)65-28-9-2-10-29-65)75-56-58-86-91(76-40-19-21-46-84(76)116-86)88(75)63-48-52-71(53-49-63)100-109-97(68-34-15-5-16-35-68)110-101(111-100)73-39-23-38-72(60-73)74-42-25-45-83-90(74)78-43-24-44-80(93(78)115-83)103-113-98(69-36-17-6-18-37-69)112-102(114-103)79-57-59-87-92(77-41-20-22-47-85(77)117-87)89(79)64-50-54-70(55-51-64)99-107-95(66-30-11-3-12-31-66)106-96(108-99)67-32-13-4-14-33-67/h1-61H. The lowest BCUT2D eigenvalue weighted by molar-refractivity contribution is 0.669. The maximum atomic E-state index is 7.13. The van der Waals surface area contributed by atoms with Crippen molar-refractivity contribution in [1.82, 2.24) is 54.8 Å². The van der Waals surface area contributed by atoms with Crippen molar-refractivity contribution in [3.8, 4) is 170 Å². The molecule has 0 aliphatic rings. The second kappa shape index (κ2) is 29.0. The van der Waals surface area contributed by atoms with E-state index in [4.69, 9.17) is 59.2 Å². The topological polar surface area (TPSA) is 155 Å². The molecule has 0 spiro atoms. The highest BCUT2D eigenvalue weighted by molar-refractivity contribution is 7.26. The monoisotopic (exact) mass is 1530 g/mol. The minimum absolute atomic E-state index is 0.465. The van der Waals surface area contributed by atoms with Gasteiger partial charge in [0.2, 0.25) is 0 Å². The molecule has 0 bridgehead atoms. The number of hydrogen-bond donors (Lipinski definition) is 0. The van der Waals surface area contributed by atoms with E-state index in [0.29, 0.717) is 69.4 Å². The molecule has 0 amide bonds. The first-order valence-electron chi connectivity index (χ1n) is 38.6. The Morgan fingerprint density at radius 3 is 1.01 bits per heavy atom. The second-order valence-corrected chi connectivity index (χ2v) is 30.9. The third-order valence-electron chi connectivity index (χ3n) is 21.5. The van der Waals surface area contributed by atoms with Gasteiger partial charge in [-0.2, -0.15) is 0 Å². The summed E-state index contributed by atoms with van der Waals surface area (Å²) in [6, 6.07) is 127. The van der Waals surface area contributed by atoms with Crippen molar-refractivity contribution in [2.24, 2.45) is 0 Å². The first kappa shape index (κ1) is 68.5. The Balaban J connectivity index is 0.646. The molecule has 15 aromatic carbocycles. The van der Waals surface area contributed by atoms with Crippen LogP contribution in [0.25, 0.3) is 232 Å². The predicted molar refractivity (Wildman–Crippen MR) is 477 cm³/mol. The number of para-hydroxylation sites is 1. The van der Waals surface area contributed by atoms with Crippen LogP contribution in [-0.4, -0.2) is 54.8 Å². The van der Waals surface area contributed by atoms with Crippen LogP contribution in [0.2, 0.25) is 0 Å². The Hall–Kier alpha value is -15.4. The van der Waals surface area contributed by atoms with Crippen LogP contribution in [0.5, 0.6) is 0 Å².